The lowest BCUT2D eigenvalue weighted by Crippen LogP contribution is -2.04. The average Bonchev–Trinajstić information content (AvgIpc) is 2.52. The molecule has 1 rings (SSSR count). The van der Waals surface area contributed by atoms with Crippen molar-refractivity contribution in [3.63, 3.8) is 0 Å². The molecule has 0 N–H and O–H groups in total. The molecule has 5 nitrogen and oxygen atoms in total. The Kier molecular flexibility index (Phi) is 9.50. The Morgan fingerprint density at radius 3 is 2.55 bits per heavy atom. The van der Waals surface area contributed by atoms with Crippen molar-refractivity contribution in [1.82, 2.24) is 0 Å². The van der Waals surface area contributed by atoms with Gasteiger partial charge in [0.05, 0.1) is 19.4 Å². The van der Waals surface area contributed by atoms with Gasteiger partial charge in [0.1, 0.15) is 12.4 Å². The molecule has 0 unspecified atom stereocenters. The fraction of sp³-hybridized carbons (Fsp3) is 0.529. The van der Waals surface area contributed by atoms with Crippen molar-refractivity contribution < 1.29 is 19.1 Å². The third-order valence-corrected chi connectivity index (χ3v) is 2.88. The van der Waals surface area contributed by atoms with Gasteiger partial charge in [0, 0.05) is 6.42 Å². The van der Waals surface area contributed by atoms with Crippen LogP contribution in [0.4, 0.5) is 0 Å². The van der Waals surface area contributed by atoms with Gasteiger partial charge in [-0.1, -0.05) is 5.16 Å². The highest BCUT2D eigenvalue weighted by Crippen LogP contribution is 2.12. The Balaban J connectivity index is 2.13. The first kappa shape index (κ1) is 18.0. The largest absolute Gasteiger partial charge is 0.494 e. The van der Waals surface area contributed by atoms with E-state index in [4.69, 9.17) is 14.3 Å². The third kappa shape index (κ3) is 8.29. The monoisotopic (exact) mass is 307 g/mol. The molecule has 0 saturated carbocycles. The number of esters is 1. The summed E-state index contributed by atoms with van der Waals surface area (Å²) >= 11 is 0. The van der Waals surface area contributed by atoms with E-state index in [2.05, 4.69) is 5.16 Å². The number of nitrogens with zero attached hydrogens (tertiary/aromatic N) is 1. The highest BCUT2D eigenvalue weighted by Gasteiger charge is 2.01. The summed E-state index contributed by atoms with van der Waals surface area (Å²) in [6, 6.07) is 7.68. The Bertz CT molecular complexity index is 442. The lowest BCUT2D eigenvalue weighted by atomic mass is 10.2. The maximum Gasteiger partial charge on any atom is 0.305 e. The Morgan fingerprint density at radius 2 is 1.86 bits per heavy atom. The summed E-state index contributed by atoms with van der Waals surface area (Å²) in [5.41, 5.74) is 0.968. The van der Waals surface area contributed by atoms with Crippen LogP contribution >= 0.6 is 0 Å². The van der Waals surface area contributed by atoms with Gasteiger partial charge in [-0.3, -0.25) is 4.79 Å². The second-order valence-electron chi connectivity index (χ2n) is 4.69. The number of unbranched alkanes of at least 4 members (excludes halogenated alkanes) is 2. The molecule has 1 aromatic carbocycles. The molecule has 0 spiro atoms. The van der Waals surface area contributed by atoms with Crippen LogP contribution in [0.25, 0.3) is 0 Å². The van der Waals surface area contributed by atoms with Gasteiger partial charge in [0.2, 0.25) is 0 Å². The zero-order valence-corrected chi connectivity index (χ0v) is 13.4. The van der Waals surface area contributed by atoms with E-state index in [9.17, 15) is 4.79 Å². The van der Waals surface area contributed by atoms with E-state index >= 15 is 0 Å². The Labute approximate surface area is 132 Å². The fourth-order valence-corrected chi connectivity index (χ4v) is 1.79. The van der Waals surface area contributed by atoms with Crippen molar-refractivity contribution in [2.24, 2.45) is 5.16 Å². The van der Waals surface area contributed by atoms with Crippen molar-refractivity contribution in [2.45, 2.75) is 39.5 Å². The van der Waals surface area contributed by atoms with Gasteiger partial charge < -0.3 is 14.3 Å². The molecule has 0 amide bonds. The second kappa shape index (κ2) is 11.6. The van der Waals surface area contributed by atoms with Gasteiger partial charge in [-0.05, 0) is 62.9 Å². The predicted octanol–water partition coefficient (Wildman–Crippen LogP) is 3.56. The smallest absolute Gasteiger partial charge is 0.305 e. The van der Waals surface area contributed by atoms with Crippen LogP contribution in [0.5, 0.6) is 5.75 Å². The van der Waals surface area contributed by atoms with Crippen LogP contribution < -0.4 is 4.74 Å². The van der Waals surface area contributed by atoms with Crippen molar-refractivity contribution in [3.05, 3.63) is 29.8 Å². The standard InChI is InChI=1S/C17H25NO4/c1-3-20-17(19)8-6-5-7-13-21-16-11-9-15(10-12-16)14-18-22-4-2/h9-12,14H,3-8,13H2,1-2H3. The van der Waals surface area contributed by atoms with Crippen LogP contribution in [0.3, 0.4) is 0 Å². The summed E-state index contributed by atoms with van der Waals surface area (Å²) in [5.74, 6) is 0.715. The van der Waals surface area contributed by atoms with E-state index in [0.717, 1.165) is 30.6 Å². The van der Waals surface area contributed by atoms with Crippen molar-refractivity contribution in [3.8, 4) is 5.75 Å². The Hall–Kier alpha value is -2.04. The molecule has 122 valence electrons. The minimum absolute atomic E-state index is 0.118. The predicted molar refractivity (Wildman–Crippen MR) is 86.3 cm³/mol. The number of carbonyl (C=O) groups is 1. The van der Waals surface area contributed by atoms with E-state index < -0.39 is 0 Å². The SMILES string of the molecule is CCON=Cc1ccc(OCCCCCC(=O)OCC)cc1. The van der Waals surface area contributed by atoms with Gasteiger partial charge in [-0.25, -0.2) is 0 Å². The number of hydrogen-bond donors (Lipinski definition) is 0. The van der Waals surface area contributed by atoms with E-state index in [1.807, 2.05) is 38.1 Å². The van der Waals surface area contributed by atoms with Gasteiger partial charge >= 0.3 is 5.97 Å². The van der Waals surface area contributed by atoms with Crippen molar-refractivity contribution in [1.29, 1.82) is 0 Å². The van der Waals surface area contributed by atoms with E-state index in [-0.39, 0.29) is 5.97 Å². The molecule has 5 heteroatoms. The van der Waals surface area contributed by atoms with Crippen LogP contribution in [0.1, 0.15) is 45.1 Å². The van der Waals surface area contributed by atoms with Crippen LogP contribution in [0.2, 0.25) is 0 Å². The molecule has 0 fully saturated rings. The molecule has 1 aromatic rings. The maximum atomic E-state index is 11.2. The first-order chi connectivity index (χ1) is 10.8. The fourth-order valence-electron chi connectivity index (χ4n) is 1.79. The number of hydrogen-bond acceptors (Lipinski definition) is 5. The number of carbonyl (C=O) groups excluding carboxylic acids is 1. The summed E-state index contributed by atoms with van der Waals surface area (Å²) in [6.07, 6.45) is 4.88. The summed E-state index contributed by atoms with van der Waals surface area (Å²) in [5, 5.41) is 3.81. The molecule has 0 aliphatic heterocycles. The van der Waals surface area contributed by atoms with Crippen LogP contribution in [-0.2, 0) is 14.4 Å². The van der Waals surface area contributed by atoms with E-state index in [0.29, 0.717) is 26.2 Å². The van der Waals surface area contributed by atoms with E-state index in [1.165, 1.54) is 0 Å². The molecule has 22 heavy (non-hydrogen) atoms. The highest BCUT2D eigenvalue weighted by molar-refractivity contribution is 5.79. The normalized spacial score (nSPS) is 10.6. The molecule has 0 saturated heterocycles. The summed E-state index contributed by atoms with van der Waals surface area (Å²) < 4.78 is 10.5. The minimum atomic E-state index is -0.118. The lowest BCUT2D eigenvalue weighted by molar-refractivity contribution is -0.143. The minimum Gasteiger partial charge on any atom is -0.494 e. The Morgan fingerprint density at radius 1 is 1.09 bits per heavy atom. The molecule has 0 bridgehead atoms. The number of ether oxygens (including phenoxy) is 2. The average molecular weight is 307 g/mol. The molecular weight excluding hydrogens is 282 g/mol. The molecule has 0 aliphatic carbocycles. The zero-order chi connectivity index (χ0) is 16.0. The molecule has 0 heterocycles. The quantitative estimate of drug-likeness (QED) is 0.271. The van der Waals surface area contributed by atoms with Crippen molar-refractivity contribution in [2.75, 3.05) is 19.8 Å². The number of oxime groups is 1. The van der Waals surface area contributed by atoms with Gasteiger partial charge in [-0.2, -0.15) is 0 Å². The van der Waals surface area contributed by atoms with Crippen LogP contribution in [-0.4, -0.2) is 32.0 Å². The van der Waals surface area contributed by atoms with Crippen molar-refractivity contribution >= 4 is 12.2 Å². The summed E-state index contributed by atoms with van der Waals surface area (Å²) in [6.45, 7) is 5.37. The second-order valence-corrected chi connectivity index (χ2v) is 4.69. The van der Waals surface area contributed by atoms with Crippen LogP contribution in [0, 0.1) is 0 Å². The summed E-state index contributed by atoms with van der Waals surface area (Å²) in [7, 11) is 0. The topological polar surface area (TPSA) is 57.1 Å². The first-order valence-corrected chi connectivity index (χ1v) is 7.80. The van der Waals surface area contributed by atoms with Gasteiger partial charge in [0.15, 0.2) is 0 Å². The first-order valence-electron chi connectivity index (χ1n) is 7.80. The molecule has 0 aliphatic rings. The molecule has 0 aromatic heterocycles. The van der Waals surface area contributed by atoms with E-state index in [1.54, 1.807) is 6.21 Å². The molecule has 0 atom stereocenters. The molecule has 0 radical (unpaired) electrons. The maximum absolute atomic E-state index is 11.2. The lowest BCUT2D eigenvalue weighted by Gasteiger charge is -2.06. The van der Waals surface area contributed by atoms with Crippen LogP contribution in [0.15, 0.2) is 29.4 Å². The number of rotatable bonds is 11. The zero-order valence-electron chi connectivity index (χ0n) is 13.4. The molecular formula is C17H25NO4. The third-order valence-electron chi connectivity index (χ3n) is 2.88. The van der Waals surface area contributed by atoms with Gasteiger partial charge in [-0.15, -0.1) is 0 Å². The summed E-state index contributed by atoms with van der Waals surface area (Å²) in [4.78, 5) is 16.1. The number of benzene rings is 1. The highest BCUT2D eigenvalue weighted by atomic mass is 16.6. The van der Waals surface area contributed by atoms with Gasteiger partial charge in [0.25, 0.3) is 0 Å².